The van der Waals surface area contributed by atoms with Gasteiger partial charge in [0.25, 0.3) is 0 Å². The van der Waals surface area contributed by atoms with Crippen molar-refractivity contribution in [1.29, 1.82) is 0 Å². The van der Waals surface area contributed by atoms with Crippen LogP contribution in [0.15, 0.2) is 4.79 Å². The number of aromatic nitrogens is 1. The number of hydrogen-bond acceptors (Lipinski definition) is 6. The Labute approximate surface area is 222 Å². The van der Waals surface area contributed by atoms with E-state index in [1.54, 1.807) is 0 Å². The molecule has 0 saturated carbocycles. The lowest BCUT2D eigenvalue weighted by Crippen LogP contribution is -3.05. The summed E-state index contributed by atoms with van der Waals surface area (Å²) in [6.07, 6.45) is 8.64. The van der Waals surface area contributed by atoms with Gasteiger partial charge in [-0.1, -0.05) is 53.0 Å². The van der Waals surface area contributed by atoms with Crippen LogP contribution in [0.3, 0.4) is 0 Å². The molecule has 37 heavy (non-hydrogen) atoms. The predicted molar refractivity (Wildman–Crippen MR) is 155 cm³/mol. The number of rotatable bonds is 13. The smallest absolute Gasteiger partial charge is 0.317 e. The van der Waals surface area contributed by atoms with Gasteiger partial charge in [0.1, 0.15) is 5.82 Å². The maximum absolute atomic E-state index is 14.5. The van der Waals surface area contributed by atoms with E-state index in [1.807, 2.05) is 30.4 Å². The number of aryl methyl sites for hydroxylation is 1. The van der Waals surface area contributed by atoms with E-state index in [0.717, 1.165) is 54.3 Å². The fourth-order valence-electron chi connectivity index (χ4n) is 5.63. The molecule has 1 aliphatic rings. The topological polar surface area (TPSA) is 105 Å². The monoisotopic (exact) mass is 514 g/mol. The first-order valence-corrected chi connectivity index (χ1v) is 14.2. The van der Waals surface area contributed by atoms with Crippen LogP contribution in [-0.2, 0) is 12.8 Å². The van der Waals surface area contributed by atoms with Crippen LogP contribution in [0.1, 0.15) is 82.9 Å². The number of pyridine rings is 1. The zero-order valence-electron chi connectivity index (χ0n) is 24.1. The van der Waals surface area contributed by atoms with Gasteiger partial charge in [-0.05, 0) is 49.1 Å². The minimum Gasteiger partial charge on any atom is -0.390 e. The molecule has 0 amide bonds. The summed E-state index contributed by atoms with van der Waals surface area (Å²) in [7, 11) is 4.00. The number of nitrogens with one attached hydrogen (secondary N) is 4. The molecule has 208 valence electrons. The van der Waals surface area contributed by atoms with E-state index in [1.165, 1.54) is 24.0 Å². The van der Waals surface area contributed by atoms with Gasteiger partial charge in [0.2, 0.25) is 0 Å². The van der Waals surface area contributed by atoms with Gasteiger partial charge < -0.3 is 21.7 Å². The summed E-state index contributed by atoms with van der Waals surface area (Å²) in [6.45, 7) is 13.8. The van der Waals surface area contributed by atoms with E-state index in [2.05, 4.69) is 55.4 Å². The van der Waals surface area contributed by atoms with Crippen LogP contribution < -0.4 is 37.7 Å². The average molecular weight is 515 g/mol. The van der Waals surface area contributed by atoms with Crippen LogP contribution >= 0.6 is 0 Å². The van der Waals surface area contributed by atoms with Crippen LogP contribution in [0.5, 0.6) is 0 Å². The zero-order chi connectivity index (χ0) is 27.1. The molecule has 0 aliphatic carbocycles. The Kier molecular flexibility index (Phi) is 10.9. The van der Waals surface area contributed by atoms with Crippen molar-refractivity contribution in [2.75, 3.05) is 45.7 Å². The second-order valence-electron chi connectivity index (χ2n) is 10.6. The Hall–Kier alpha value is -2.01. The normalized spacial score (nSPS) is 17.1. The van der Waals surface area contributed by atoms with Gasteiger partial charge in [-0.3, -0.25) is 24.9 Å². The van der Waals surface area contributed by atoms with Crippen LogP contribution in [0.2, 0.25) is 0 Å². The first kappa shape index (κ1) is 29.5. The first-order valence-electron chi connectivity index (χ1n) is 14.2. The van der Waals surface area contributed by atoms with Crippen molar-refractivity contribution in [2.24, 2.45) is 11.8 Å². The molecule has 2 aromatic heterocycles. The lowest BCUT2D eigenvalue weighted by molar-refractivity contribution is -0.792. The summed E-state index contributed by atoms with van der Waals surface area (Å²) >= 11 is 0. The summed E-state index contributed by atoms with van der Waals surface area (Å²) in [5.41, 5.74) is 13.0. The van der Waals surface area contributed by atoms with Crippen LogP contribution in [0.4, 0.5) is 11.5 Å². The number of unbranched alkanes of at least 4 members (excludes halogenated alkanes) is 2. The van der Waals surface area contributed by atoms with Gasteiger partial charge in [-0.15, -0.1) is 0 Å². The molecule has 2 aromatic rings. The fourth-order valence-corrected chi connectivity index (χ4v) is 5.63. The Morgan fingerprint density at radius 1 is 1.24 bits per heavy atom. The van der Waals surface area contributed by atoms with Gasteiger partial charge in [0.05, 0.1) is 18.7 Å². The average Bonchev–Trinajstić information content (AvgIpc) is 3.01. The molecule has 0 spiro atoms. The standard InChI is InChI=1S/C28H50N8O/c1-8-11-12-13-21-22-14-16-30-18-31-27(22)36-25(21)23(15-17-32-34(6)7)24(20(5)19(4)9-2)26(28(36)37)35(10-3)33-29/h15,19-20,30-32,35H,8-14,16-18,29H2,1-7H3/b23-15-. The molecule has 1 aliphatic heterocycles. The van der Waals surface area contributed by atoms with E-state index in [4.69, 9.17) is 5.84 Å². The number of fused-ring (bicyclic) bond motifs is 3. The molecule has 3 unspecified atom stereocenters. The van der Waals surface area contributed by atoms with Gasteiger partial charge in [0.15, 0.2) is 5.69 Å². The van der Waals surface area contributed by atoms with Crippen molar-refractivity contribution in [1.82, 2.24) is 20.2 Å². The van der Waals surface area contributed by atoms with Crippen molar-refractivity contribution in [2.45, 2.75) is 79.1 Å². The Morgan fingerprint density at radius 3 is 2.62 bits per heavy atom. The van der Waals surface area contributed by atoms with Crippen molar-refractivity contribution in [3.63, 3.8) is 0 Å². The molecule has 3 rings (SSSR count). The largest absolute Gasteiger partial charge is 0.390 e. The summed E-state index contributed by atoms with van der Waals surface area (Å²) in [5.74, 6) is 7.45. The number of nitrogens with two attached hydrogens (primary N) is 1. The Morgan fingerprint density at radius 2 is 2.00 bits per heavy atom. The van der Waals surface area contributed by atoms with E-state index < -0.39 is 0 Å². The van der Waals surface area contributed by atoms with Gasteiger partial charge in [-0.2, -0.15) is 0 Å². The SMILES string of the molecule is CCCCCc1c2c(n3c(=O)c([NH+](CC)[N-]N)c(C(C)C(C)CC)/c(=C/CNN(C)C)c13)NCNCC2. The maximum atomic E-state index is 14.5. The maximum Gasteiger partial charge on any atom is 0.317 e. The number of nitrogens with zero attached hydrogens (tertiary/aromatic N) is 3. The summed E-state index contributed by atoms with van der Waals surface area (Å²) in [4.78, 5) is 14.5. The lowest BCUT2D eigenvalue weighted by atomic mass is 9.84. The summed E-state index contributed by atoms with van der Waals surface area (Å²) < 4.78 is 1.95. The third-order valence-corrected chi connectivity index (χ3v) is 8.02. The van der Waals surface area contributed by atoms with E-state index in [-0.39, 0.29) is 11.5 Å². The molecule has 3 heterocycles. The second-order valence-corrected chi connectivity index (χ2v) is 10.6. The van der Waals surface area contributed by atoms with Crippen LogP contribution in [0.25, 0.3) is 17.1 Å². The molecular formula is C28H50N8O. The highest BCUT2D eigenvalue weighted by Gasteiger charge is 2.31. The van der Waals surface area contributed by atoms with Crippen molar-refractivity contribution >= 4 is 23.1 Å². The minimum atomic E-state index is -0.00341. The Balaban J connectivity index is 2.53. The van der Waals surface area contributed by atoms with Crippen LogP contribution in [-0.4, -0.2) is 49.8 Å². The number of hydrogen-bond donors (Lipinski definition) is 5. The molecule has 9 nitrogen and oxygen atoms in total. The van der Waals surface area contributed by atoms with E-state index >= 15 is 0 Å². The molecule has 0 saturated heterocycles. The second kappa shape index (κ2) is 13.7. The molecule has 0 aromatic carbocycles. The third kappa shape index (κ3) is 6.19. The van der Waals surface area contributed by atoms with Gasteiger partial charge in [-0.25, -0.2) is 0 Å². The highest BCUT2D eigenvalue weighted by molar-refractivity contribution is 5.75. The fraction of sp³-hybridized carbons (Fsp3) is 0.679. The molecule has 0 bridgehead atoms. The molecule has 6 N–H and O–H groups in total. The van der Waals surface area contributed by atoms with Crippen molar-refractivity contribution in [3.05, 3.63) is 37.8 Å². The van der Waals surface area contributed by atoms with E-state index in [0.29, 0.717) is 36.4 Å². The molecule has 3 atom stereocenters. The molecule has 9 heteroatoms. The number of anilines is 1. The lowest BCUT2D eigenvalue weighted by Gasteiger charge is -2.31. The highest BCUT2D eigenvalue weighted by atomic mass is 16.1. The zero-order valence-corrected chi connectivity index (χ0v) is 24.1. The van der Waals surface area contributed by atoms with E-state index in [9.17, 15) is 4.79 Å². The summed E-state index contributed by atoms with van der Waals surface area (Å²) in [5, 5.41) is 10.8. The highest BCUT2D eigenvalue weighted by Crippen LogP contribution is 2.33. The van der Waals surface area contributed by atoms with Crippen molar-refractivity contribution < 1.29 is 5.01 Å². The summed E-state index contributed by atoms with van der Waals surface area (Å²) in [6, 6.07) is 0. The third-order valence-electron chi connectivity index (χ3n) is 8.02. The molecule has 0 radical (unpaired) electrons. The molecule has 0 fully saturated rings. The number of hydrazine groups is 1. The van der Waals surface area contributed by atoms with Gasteiger partial charge in [0, 0.05) is 38.0 Å². The van der Waals surface area contributed by atoms with Gasteiger partial charge >= 0.3 is 5.56 Å². The minimum absolute atomic E-state index is 0.00341. The quantitative estimate of drug-likeness (QED) is 0.159. The van der Waals surface area contributed by atoms with Crippen molar-refractivity contribution in [3.8, 4) is 0 Å². The van der Waals surface area contributed by atoms with Crippen LogP contribution in [0, 0.1) is 5.92 Å². The molecular weight excluding hydrogens is 464 g/mol. The predicted octanol–water partition coefficient (Wildman–Crippen LogP) is 1.96. The number of quaternary nitrogens is 1. The first-order chi connectivity index (χ1) is 17.8. The Bertz CT molecular complexity index is 1140.